The largest absolute Gasteiger partial charge is 0.496 e. The number of rotatable bonds is 6. The van der Waals surface area contributed by atoms with Crippen LogP contribution in [-0.4, -0.2) is 29.2 Å². The van der Waals surface area contributed by atoms with Crippen LogP contribution in [0.15, 0.2) is 77.9 Å². The summed E-state index contributed by atoms with van der Waals surface area (Å²) >= 11 is 0. The number of aromatic nitrogens is 2. The minimum absolute atomic E-state index is 0.0709. The van der Waals surface area contributed by atoms with Gasteiger partial charge in [0.1, 0.15) is 12.1 Å². The van der Waals surface area contributed by atoms with Crippen LogP contribution in [-0.2, 0) is 6.54 Å². The molecule has 6 heteroatoms. The van der Waals surface area contributed by atoms with Crippen LogP contribution in [0.4, 0.5) is 0 Å². The minimum atomic E-state index is -0.0709. The predicted octanol–water partition coefficient (Wildman–Crippen LogP) is 4.29. The predicted molar refractivity (Wildman–Crippen MR) is 136 cm³/mol. The highest BCUT2D eigenvalue weighted by molar-refractivity contribution is 5.78. The van der Waals surface area contributed by atoms with E-state index >= 15 is 0 Å². The second kappa shape index (κ2) is 9.79. The van der Waals surface area contributed by atoms with Gasteiger partial charge >= 0.3 is 0 Å². The van der Waals surface area contributed by atoms with Crippen LogP contribution in [0.25, 0.3) is 16.6 Å². The number of hydrogen-bond donors (Lipinski definition) is 2. The first-order valence-electron chi connectivity index (χ1n) is 11.8. The third-order valence-electron chi connectivity index (χ3n) is 6.63. The Morgan fingerprint density at radius 1 is 1.12 bits per heavy atom. The van der Waals surface area contributed by atoms with Gasteiger partial charge in [-0.15, -0.1) is 0 Å². The molecule has 2 atom stereocenters. The average molecular weight is 455 g/mol. The van der Waals surface area contributed by atoms with E-state index in [1.807, 2.05) is 43.3 Å². The smallest absolute Gasteiger partial charge is 0.265 e. The normalized spacial score (nSPS) is 18.2. The van der Waals surface area contributed by atoms with Gasteiger partial charge < -0.3 is 15.4 Å². The fourth-order valence-electron chi connectivity index (χ4n) is 4.83. The molecule has 1 aromatic heterocycles. The van der Waals surface area contributed by atoms with Crippen molar-refractivity contribution >= 4 is 10.9 Å². The number of piperidine rings is 1. The number of hydrogen-bond acceptors (Lipinski definition) is 5. The summed E-state index contributed by atoms with van der Waals surface area (Å²) in [6, 6.07) is 22.8. The molecule has 0 aliphatic carbocycles. The summed E-state index contributed by atoms with van der Waals surface area (Å²) in [6.07, 6.45) is 3.84. The lowest BCUT2D eigenvalue weighted by molar-refractivity contribution is 0.303. The number of nitrogens with zero attached hydrogens (tertiary/aromatic N) is 2. The summed E-state index contributed by atoms with van der Waals surface area (Å²) in [7, 11) is 1.68. The van der Waals surface area contributed by atoms with E-state index < -0.39 is 0 Å². The number of benzene rings is 3. The third-order valence-corrected chi connectivity index (χ3v) is 6.63. The molecule has 1 fully saturated rings. The fraction of sp³-hybridized carbons (Fsp3) is 0.286. The second-order valence-electron chi connectivity index (χ2n) is 8.91. The maximum atomic E-state index is 13.2. The van der Waals surface area contributed by atoms with E-state index in [4.69, 9.17) is 4.74 Å². The number of nitrogens with one attached hydrogen (secondary N) is 2. The molecule has 34 heavy (non-hydrogen) atoms. The summed E-state index contributed by atoms with van der Waals surface area (Å²) < 4.78 is 7.26. The molecule has 0 saturated carbocycles. The van der Waals surface area contributed by atoms with Gasteiger partial charge in [-0.1, -0.05) is 42.0 Å². The van der Waals surface area contributed by atoms with Crippen LogP contribution in [0.2, 0.25) is 0 Å². The van der Waals surface area contributed by atoms with E-state index in [9.17, 15) is 4.79 Å². The molecule has 0 radical (unpaired) electrons. The molecule has 1 saturated heterocycles. The minimum Gasteiger partial charge on any atom is -0.496 e. The quantitative estimate of drug-likeness (QED) is 0.455. The van der Waals surface area contributed by atoms with Gasteiger partial charge in [0.2, 0.25) is 0 Å². The Morgan fingerprint density at radius 2 is 1.97 bits per heavy atom. The molecule has 1 aliphatic heterocycles. The molecular formula is C28H30N4O2. The van der Waals surface area contributed by atoms with Crippen molar-refractivity contribution in [3.63, 3.8) is 0 Å². The van der Waals surface area contributed by atoms with Crippen LogP contribution in [0.3, 0.4) is 0 Å². The highest BCUT2D eigenvalue weighted by Crippen LogP contribution is 2.26. The van der Waals surface area contributed by atoms with Crippen molar-refractivity contribution in [1.29, 1.82) is 0 Å². The highest BCUT2D eigenvalue weighted by Gasteiger charge is 2.25. The summed E-state index contributed by atoms with van der Waals surface area (Å²) in [4.78, 5) is 17.7. The van der Waals surface area contributed by atoms with E-state index in [2.05, 4.69) is 45.9 Å². The maximum absolute atomic E-state index is 13.2. The number of methoxy groups -OCH3 is 1. The Hall–Kier alpha value is -3.48. The zero-order chi connectivity index (χ0) is 23.5. The molecule has 2 N–H and O–H groups in total. The molecule has 2 unspecified atom stereocenters. The van der Waals surface area contributed by atoms with Crippen LogP contribution in [0.5, 0.6) is 5.75 Å². The average Bonchev–Trinajstić information content (AvgIpc) is 2.88. The lowest BCUT2D eigenvalue weighted by atomic mass is 9.92. The Kier molecular flexibility index (Phi) is 6.43. The monoisotopic (exact) mass is 454 g/mol. The Morgan fingerprint density at radius 3 is 2.79 bits per heavy atom. The Labute approximate surface area is 199 Å². The van der Waals surface area contributed by atoms with Gasteiger partial charge in [0.25, 0.3) is 5.56 Å². The van der Waals surface area contributed by atoms with Crippen molar-refractivity contribution in [1.82, 2.24) is 20.2 Å². The lowest BCUT2D eigenvalue weighted by Crippen LogP contribution is -2.45. The van der Waals surface area contributed by atoms with Crippen molar-refractivity contribution in [3.8, 4) is 11.4 Å². The molecule has 0 amide bonds. The zero-order valence-electron chi connectivity index (χ0n) is 19.6. The maximum Gasteiger partial charge on any atom is 0.265 e. The van der Waals surface area contributed by atoms with Crippen LogP contribution < -0.4 is 20.9 Å². The lowest BCUT2D eigenvalue weighted by Gasteiger charge is -2.34. The van der Waals surface area contributed by atoms with E-state index in [1.54, 1.807) is 18.0 Å². The van der Waals surface area contributed by atoms with Crippen LogP contribution in [0.1, 0.15) is 35.6 Å². The van der Waals surface area contributed by atoms with Gasteiger partial charge in [0.15, 0.2) is 0 Å². The van der Waals surface area contributed by atoms with E-state index in [1.165, 1.54) is 5.56 Å². The van der Waals surface area contributed by atoms with E-state index in [0.717, 1.165) is 42.0 Å². The molecule has 0 bridgehead atoms. The topological polar surface area (TPSA) is 68.2 Å². The molecule has 1 aliphatic rings. The van der Waals surface area contributed by atoms with Crippen molar-refractivity contribution < 1.29 is 4.74 Å². The first kappa shape index (κ1) is 22.3. The van der Waals surface area contributed by atoms with Gasteiger partial charge in [-0.05, 0) is 62.2 Å². The fourth-order valence-corrected chi connectivity index (χ4v) is 4.83. The summed E-state index contributed by atoms with van der Waals surface area (Å²) in [6.45, 7) is 3.64. The SMILES string of the molecule is COc1ccc(-n2cnc3ccc(C)cc3c2=O)cc1CNC1CCCNC1c1ccccc1. The molecular weight excluding hydrogens is 424 g/mol. The number of fused-ring (bicyclic) bond motifs is 1. The van der Waals surface area contributed by atoms with Crippen LogP contribution in [0, 0.1) is 6.92 Å². The van der Waals surface area contributed by atoms with Gasteiger partial charge in [-0.25, -0.2) is 4.98 Å². The first-order valence-corrected chi connectivity index (χ1v) is 11.8. The van der Waals surface area contributed by atoms with E-state index in [-0.39, 0.29) is 11.6 Å². The first-order chi connectivity index (χ1) is 16.6. The summed E-state index contributed by atoms with van der Waals surface area (Å²) in [5.41, 5.74) is 4.76. The van der Waals surface area contributed by atoms with Gasteiger partial charge in [-0.3, -0.25) is 9.36 Å². The number of aryl methyl sites for hydroxylation is 1. The summed E-state index contributed by atoms with van der Waals surface area (Å²) in [5.74, 6) is 0.800. The molecule has 4 aromatic rings. The van der Waals surface area contributed by atoms with Gasteiger partial charge in [0, 0.05) is 24.2 Å². The Balaban J connectivity index is 1.43. The molecule has 174 valence electrons. The van der Waals surface area contributed by atoms with Gasteiger partial charge in [0.05, 0.1) is 23.7 Å². The third kappa shape index (κ3) is 4.47. The molecule has 5 rings (SSSR count). The highest BCUT2D eigenvalue weighted by atomic mass is 16.5. The number of ether oxygens (including phenoxy) is 1. The van der Waals surface area contributed by atoms with Gasteiger partial charge in [-0.2, -0.15) is 0 Å². The molecule has 6 nitrogen and oxygen atoms in total. The van der Waals surface area contributed by atoms with E-state index in [0.29, 0.717) is 23.5 Å². The van der Waals surface area contributed by atoms with Crippen molar-refractivity contribution in [2.75, 3.05) is 13.7 Å². The molecule has 0 spiro atoms. The van der Waals surface area contributed by atoms with Crippen molar-refractivity contribution in [2.45, 2.75) is 38.4 Å². The Bertz CT molecular complexity index is 1350. The zero-order valence-corrected chi connectivity index (χ0v) is 19.6. The summed E-state index contributed by atoms with van der Waals surface area (Å²) in [5, 5.41) is 8.04. The second-order valence-corrected chi connectivity index (χ2v) is 8.91. The van der Waals surface area contributed by atoms with Crippen molar-refractivity contribution in [2.24, 2.45) is 0 Å². The molecule has 2 heterocycles. The van der Waals surface area contributed by atoms with Crippen LogP contribution >= 0.6 is 0 Å². The van der Waals surface area contributed by atoms with Crippen molar-refractivity contribution in [3.05, 3.63) is 100 Å². The standard InChI is InChI=1S/C28H30N4O2/c1-19-10-12-24-23(15-19)28(33)32(18-31-24)22-11-13-26(34-2)21(16-22)17-30-25-9-6-14-29-27(25)20-7-4-3-5-8-20/h3-5,7-8,10-13,15-16,18,25,27,29-30H,6,9,14,17H2,1-2H3. The molecule has 3 aromatic carbocycles.